The molecule has 0 aromatic carbocycles. The van der Waals surface area contributed by atoms with Crippen LogP contribution in [0.1, 0.15) is 0 Å². The summed E-state index contributed by atoms with van der Waals surface area (Å²) >= 11 is 5.74. The van der Waals surface area contributed by atoms with E-state index in [1.54, 1.807) is 0 Å². The number of rotatable bonds is 2. The lowest BCUT2D eigenvalue weighted by Gasteiger charge is -2.27. The quantitative estimate of drug-likeness (QED) is 0.438. The molecule has 0 aliphatic heterocycles. The Morgan fingerprint density at radius 3 is 1.75 bits per heavy atom. The van der Waals surface area contributed by atoms with Crippen molar-refractivity contribution < 1.29 is 0 Å². The van der Waals surface area contributed by atoms with Crippen molar-refractivity contribution in [2.45, 2.75) is 19.6 Å². The maximum absolute atomic E-state index is 5.74. The van der Waals surface area contributed by atoms with Crippen LogP contribution in [0.2, 0.25) is 19.6 Å². The monoisotopic (exact) mass is 167 g/mol. The summed E-state index contributed by atoms with van der Waals surface area (Å²) in [5.41, 5.74) is 0. The Bertz CT molecular complexity index is 70.9. The van der Waals surface area contributed by atoms with E-state index in [0.717, 1.165) is 0 Å². The minimum atomic E-state index is -0.997. The van der Waals surface area contributed by atoms with Gasteiger partial charge in [-0.25, -0.2) is 0 Å². The van der Waals surface area contributed by atoms with Gasteiger partial charge in [0.25, 0.3) is 0 Å². The van der Waals surface area contributed by atoms with Crippen molar-refractivity contribution in [3.05, 3.63) is 0 Å². The Kier molecular flexibility index (Phi) is 3.26. The predicted octanol–water partition coefficient (Wildman–Crippen LogP) is 0.991. The lowest BCUT2D eigenvalue weighted by atomic mass is 11.6. The van der Waals surface area contributed by atoms with Crippen LogP contribution in [-0.4, -0.2) is 28.5 Å². The van der Waals surface area contributed by atoms with E-state index in [4.69, 9.17) is 11.1 Å². The predicted molar refractivity (Wildman–Crippen MR) is 45.5 cm³/mol. The fraction of sp³-hybridized carbons (Fsp3) is 1.00. The second kappa shape index (κ2) is 3.01. The summed E-state index contributed by atoms with van der Waals surface area (Å²) in [6.07, 6.45) is 0. The molecule has 0 bridgehead atoms. The van der Waals surface area contributed by atoms with E-state index in [-0.39, 0.29) is 0 Å². The SMILES string of the molecule is CN([SiH2]Cl)[Si](C)(C)C. The van der Waals surface area contributed by atoms with E-state index in [0.29, 0.717) is 0 Å². The summed E-state index contributed by atoms with van der Waals surface area (Å²) in [7, 11) is 0.734. The van der Waals surface area contributed by atoms with Gasteiger partial charge in [-0.2, -0.15) is 11.1 Å². The summed E-state index contributed by atoms with van der Waals surface area (Å²) in [6, 6.07) is 0. The zero-order chi connectivity index (χ0) is 6.78. The molecule has 0 atom stereocenters. The molecule has 0 rings (SSSR count). The van der Waals surface area contributed by atoms with Gasteiger partial charge in [-0.1, -0.05) is 19.6 Å². The van der Waals surface area contributed by atoms with Crippen LogP contribution in [0, 0.1) is 0 Å². The molecule has 0 fully saturated rings. The fourth-order valence-corrected chi connectivity index (χ4v) is 4.84. The normalized spacial score (nSPS) is 14.2. The molecule has 0 saturated carbocycles. The Balaban J connectivity index is 3.62. The van der Waals surface area contributed by atoms with E-state index in [9.17, 15) is 0 Å². The van der Waals surface area contributed by atoms with Gasteiger partial charge in [-0.3, -0.25) is 0 Å². The molecule has 0 aliphatic carbocycles. The highest BCUT2D eigenvalue weighted by molar-refractivity contribution is 6.98. The molecule has 0 aromatic heterocycles. The van der Waals surface area contributed by atoms with Gasteiger partial charge in [-0.05, 0) is 7.05 Å². The molecule has 0 unspecified atom stereocenters. The van der Waals surface area contributed by atoms with Gasteiger partial charge < -0.3 is 4.23 Å². The minimum Gasteiger partial charge on any atom is -0.341 e. The molecule has 0 spiro atoms. The average molecular weight is 168 g/mol. The van der Waals surface area contributed by atoms with Crippen molar-refractivity contribution in [3.63, 3.8) is 0 Å². The van der Waals surface area contributed by atoms with Gasteiger partial charge in [0.1, 0.15) is 8.24 Å². The highest BCUT2D eigenvalue weighted by Crippen LogP contribution is 2.04. The molecular formula is C4H14ClNSi2. The number of hydrogen-bond donors (Lipinski definition) is 0. The van der Waals surface area contributed by atoms with Crippen molar-refractivity contribution in [1.82, 2.24) is 4.23 Å². The minimum absolute atomic E-state index is 0.399. The third-order valence-electron chi connectivity index (χ3n) is 1.32. The molecular weight excluding hydrogens is 154 g/mol. The molecule has 0 aromatic rings. The molecule has 0 radical (unpaired) electrons. The maximum atomic E-state index is 5.74. The largest absolute Gasteiger partial charge is 0.341 e. The van der Waals surface area contributed by atoms with Gasteiger partial charge in [0.2, 0.25) is 0 Å². The summed E-state index contributed by atoms with van der Waals surface area (Å²) in [6.45, 7) is 6.92. The summed E-state index contributed by atoms with van der Waals surface area (Å²) in [5, 5.41) is 0. The van der Waals surface area contributed by atoms with E-state index in [2.05, 4.69) is 30.9 Å². The highest BCUT2D eigenvalue weighted by Gasteiger charge is 2.17. The van der Waals surface area contributed by atoms with Crippen molar-refractivity contribution in [2.75, 3.05) is 7.05 Å². The molecule has 50 valence electrons. The third-order valence-corrected chi connectivity index (χ3v) is 8.97. The molecule has 4 heteroatoms. The maximum Gasteiger partial charge on any atom is 0.191 e. The summed E-state index contributed by atoms with van der Waals surface area (Å²) in [4.78, 5) is 0. The van der Waals surface area contributed by atoms with Gasteiger partial charge in [0, 0.05) is 0 Å². The van der Waals surface area contributed by atoms with Crippen LogP contribution in [0.3, 0.4) is 0 Å². The van der Waals surface area contributed by atoms with Crippen molar-refractivity contribution in [1.29, 1.82) is 0 Å². The van der Waals surface area contributed by atoms with E-state index in [1.165, 1.54) is 0 Å². The van der Waals surface area contributed by atoms with Crippen molar-refractivity contribution in [2.24, 2.45) is 0 Å². The molecule has 0 saturated heterocycles. The Morgan fingerprint density at radius 2 is 1.75 bits per heavy atom. The van der Waals surface area contributed by atoms with E-state index < -0.39 is 17.2 Å². The molecule has 0 N–H and O–H groups in total. The van der Waals surface area contributed by atoms with Gasteiger partial charge in [0.15, 0.2) is 8.99 Å². The van der Waals surface area contributed by atoms with Crippen LogP contribution in [0.4, 0.5) is 0 Å². The van der Waals surface area contributed by atoms with E-state index in [1.807, 2.05) is 0 Å². The first-order valence-electron chi connectivity index (χ1n) is 2.75. The van der Waals surface area contributed by atoms with Crippen LogP contribution < -0.4 is 0 Å². The van der Waals surface area contributed by atoms with Crippen molar-refractivity contribution >= 4 is 28.3 Å². The topological polar surface area (TPSA) is 3.24 Å². The second-order valence-electron chi connectivity index (χ2n) is 2.99. The third kappa shape index (κ3) is 2.86. The first-order valence-corrected chi connectivity index (χ1v) is 8.97. The first-order chi connectivity index (χ1) is 3.48. The van der Waals surface area contributed by atoms with Gasteiger partial charge in [0.05, 0.1) is 0 Å². The summed E-state index contributed by atoms with van der Waals surface area (Å²) in [5.74, 6) is 0. The van der Waals surface area contributed by atoms with Crippen LogP contribution in [0.15, 0.2) is 0 Å². The molecule has 0 aliphatic rings. The molecule has 1 nitrogen and oxygen atoms in total. The first kappa shape index (κ1) is 8.68. The number of nitrogens with zero attached hydrogens (tertiary/aromatic N) is 1. The Hall–Kier alpha value is 0.684. The Morgan fingerprint density at radius 1 is 1.38 bits per heavy atom. The summed E-state index contributed by atoms with van der Waals surface area (Å²) < 4.78 is 2.36. The smallest absolute Gasteiger partial charge is 0.191 e. The second-order valence-corrected chi connectivity index (χ2v) is 10.6. The zero-order valence-electron chi connectivity index (χ0n) is 6.03. The molecule has 0 amide bonds. The van der Waals surface area contributed by atoms with E-state index >= 15 is 0 Å². The lowest BCUT2D eigenvalue weighted by Crippen LogP contribution is -2.43. The van der Waals surface area contributed by atoms with Gasteiger partial charge >= 0.3 is 0 Å². The number of halogens is 1. The van der Waals surface area contributed by atoms with Crippen molar-refractivity contribution in [3.8, 4) is 0 Å². The molecule has 8 heavy (non-hydrogen) atoms. The standard InChI is InChI=1S/C4H14ClNSi2/c1-6(7-5)8(2,3)4/h7H2,1-4H3. The highest BCUT2D eigenvalue weighted by atomic mass is 35.6. The van der Waals surface area contributed by atoms with Gasteiger partial charge in [-0.15, -0.1) is 0 Å². The van der Waals surface area contributed by atoms with Crippen LogP contribution in [0.25, 0.3) is 0 Å². The fourth-order valence-electron chi connectivity index (χ4n) is 0.179. The lowest BCUT2D eigenvalue weighted by molar-refractivity contribution is 0.814. The molecule has 0 heterocycles. The van der Waals surface area contributed by atoms with Crippen LogP contribution in [0.5, 0.6) is 0 Å². The van der Waals surface area contributed by atoms with Crippen LogP contribution in [-0.2, 0) is 0 Å². The Labute approximate surface area is 59.7 Å². The number of hydrogen-bond acceptors (Lipinski definition) is 1. The van der Waals surface area contributed by atoms with Crippen LogP contribution >= 0.6 is 11.1 Å². The average Bonchev–Trinajstić information content (AvgIpc) is 1.62. The zero-order valence-corrected chi connectivity index (χ0v) is 9.20.